The van der Waals surface area contributed by atoms with Crippen LogP contribution in [0.5, 0.6) is 5.75 Å². The van der Waals surface area contributed by atoms with Gasteiger partial charge >= 0.3 is 0 Å². The van der Waals surface area contributed by atoms with Crippen molar-refractivity contribution in [3.8, 4) is 5.75 Å². The summed E-state index contributed by atoms with van der Waals surface area (Å²) in [6.45, 7) is 4.56. The van der Waals surface area contributed by atoms with Gasteiger partial charge in [-0.3, -0.25) is 4.79 Å². The van der Waals surface area contributed by atoms with Crippen LogP contribution in [-0.4, -0.2) is 53.5 Å². The average molecular weight is 460 g/mol. The normalized spacial score (nSPS) is 17.4. The number of anilines is 3. The number of rotatable bonds is 7. The fourth-order valence-electron chi connectivity index (χ4n) is 3.66. The zero-order valence-electron chi connectivity index (χ0n) is 17.7. The molecule has 10 nitrogen and oxygen atoms in total. The van der Waals surface area contributed by atoms with Gasteiger partial charge in [0, 0.05) is 21.8 Å². The lowest BCUT2D eigenvalue weighted by Gasteiger charge is -2.18. The molecule has 4 rings (SSSR count). The summed E-state index contributed by atoms with van der Waals surface area (Å²) >= 11 is -1.82. The van der Waals surface area contributed by atoms with E-state index in [0.29, 0.717) is 25.1 Å². The Labute approximate surface area is 188 Å². The smallest absolute Gasteiger partial charge is 0.257 e. The first-order valence-corrected chi connectivity index (χ1v) is 11.4. The third-order valence-electron chi connectivity index (χ3n) is 5.35. The highest BCUT2D eigenvalue weighted by Crippen LogP contribution is 2.35. The molecule has 170 valence electrons. The number of aliphatic hydroxyl groups is 1. The van der Waals surface area contributed by atoms with Gasteiger partial charge in [-0.05, 0) is 43.5 Å². The second-order valence-corrected chi connectivity index (χ2v) is 8.59. The van der Waals surface area contributed by atoms with E-state index in [9.17, 15) is 19.6 Å². The molecule has 1 aliphatic rings. The molecule has 32 heavy (non-hydrogen) atoms. The Morgan fingerprint density at radius 2 is 2.19 bits per heavy atom. The zero-order valence-corrected chi connectivity index (χ0v) is 18.6. The topological polar surface area (TPSA) is 147 Å². The number of β-amino-alcohol motifs (C(OH)–C–C–N with tert-alkyl or cyclic N) is 1. The van der Waals surface area contributed by atoms with Gasteiger partial charge in [-0.15, -0.1) is 0 Å². The van der Waals surface area contributed by atoms with Crippen molar-refractivity contribution in [2.75, 3.05) is 23.7 Å². The van der Waals surface area contributed by atoms with Crippen LogP contribution < -0.4 is 10.6 Å². The summed E-state index contributed by atoms with van der Waals surface area (Å²) in [5.41, 5.74) is 1.32. The van der Waals surface area contributed by atoms with Crippen molar-refractivity contribution in [2.45, 2.75) is 38.8 Å². The van der Waals surface area contributed by atoms with Crippen molar-refractivity contribution in [1.29, 1.82) is 0 Å². The molecule has 1 aromatic carbocycles. The summed E-state index contributed by atoms with van der Waals surface area (Å²) in [6.07, 6.45) is 2.29. The molecule has 0 radical (unpaired) electrons. The second-order valence-electron chi connectivity index (χ2n) is 7.76. The van der Waals surface area contributed by atoms with Crippen LogP contribution in [0.25, 0.3) is 0 Å². The van der Waals surface area contributed by atoms with Crippen molar-refractivity contribution in [3.05, 3.63) is 47.4 Å². The standard InChI is InChI=1S/C21H25N5O5S/c1-3-15(17-9-12(2)11-31-17)22-19-20(25-32(30)24-19)23-16-6-4-5-14(18(16)28)21(29)26-8-7-13(27)10-26/h4-6,9,11,13,15,27-28H,3,7-8,10H2,1-2H3,(H,22,24)(H,23,25)/t13-,15-,32?/m1/s1. The number of para-hydroxylation sites is 1. The van der Waals surface area contributed by atoms with Crippen molar-refractivity contribution < 1.29 is 24.0 Å². The van der Waals surface area contributed by atoms with Crippen LogP contribution in [0.2, 0.25) is 0 Å². The Morgan fingerprint density at radius 1 is 1.41 bits per heavy atom. The summed E-state index contributed by atoms with van der Waals surface area (Å²) in [5.74, 6) is 0.538. The number of carbonyl (C=O) groups excluding carboxylic acids is 1. The quantitative estimate of drug-likeness (QED) is 0.308. The number of hydrogen-bond donors (Lipinski definition) is 4. The fourth-order valence-corrected chi connectivity index (χ4v) is 4.28. The summed E-state index contributed by atoms with van der Waals surface area (Å²) in [5, 5.41) is 26.5. The van der Waals surface area contributed by atoms with Crippen molar-refractivity contribution in [3.63, 3.8) is 0 Å². The first kappa shape index (κ1) is 22.1. The molecule has 2 aromatic heterocycles. The summed E-state index contributed by atoms with van der Waals surface area (Å²) in [6, 6.07) is 6.42. The predicted molar refractivity (Wildman–Crippen MR) is 119 cm³/mol. The van der Waals surface area contributed by atoms with E-state index in [4.69, 9.17) is 4.42 Å². The summed E-state index contributed by atoms with van der Waals surface area (Å²) < 4.78 is 25.6. The SMILES string of the molecule is CC[C@@H](Nc1n[s+]([O-])nc1Nc1cccc(C(=O)N2CC[C@@H](O)C2)c1O)c1cc(C)co1. The van der Waals surface area contributed by atoms with Gasteiger partial charge in [0.05, 0.1) is 29.7 Å². The first-order chi connectivity index (χ1) is 15.4. The van der Waals surface area contributed by atoms with E-state index in [-0.39, 0.29) is 47.1 Å². The number of likely N-dealkylation sites (tertiary alicyclic amines) is 1. The minimum atomic E-state index is -1.82. The number of nitrogens with one attached hydrogen (secondary N) is 2. The Morgan fingerprint density at radius 3 is 2.84 bits per heavy atom. The molecule has 3 aromatic rings. The first-order valence-electron chi connectivity index (χ1n) is 10.3. The predicted octanol–water partition coefficient (Wildman–Crippen LogP) is 3.32. The van der Waals surface area contributed by atoms with Crippen LogP contribution in [0.4, 0.5) is 17.3 Å². The van der Waals surface area contributed by atoms with Crippen molar-refractivity contribution in [2.24, 2.45) is 0 Å². The van der Waals surface area contributed by atoms with Crippen LogP contribution in [0, 0.1) is 6.92 Å². The number of carbonyl (C=O) groups is 1. The van der Waals surface area contributed by atoms with E-state index in [1.54, 1.807) is 18.4 Å². The molecule has 1 saturated heterocycles. The molecule has 0 saturated carbocycles. The molecule has 1 amide bonds. The largest absolute Gasteiger partial charge is 0.546 e. The molecular weight excluding hydrogens is 434 g/mol. The van der Waals surface area contributed by atoms with E-state index in [1.165, 1.54) is 11.0 Å². The van der Waals surface area contributed by atoms with E-state index in [0.717, 1.165) is 5.56 Å². The Hall–Kier alpha value is -3.15. The highest BCUT2D eigenvalue weighted by atomic mass is 32.2. The van der Waals surface area contributed by atoms with Gasteiger partial charge in [-0.1, -0.05) is 13.0 Å². The number of benzene rings is 1. The number of aryl methyl sites for hydroxylation is 1. The van der Waals surface area contributed by atoms with Crippen molar-refractivity contribution >= 4 is 34.4 Å². The number of amides is 1. The van der Waals surface area contributed by atoms with Crippen LogP contribution >= 0.6 is 11.1 Å². The van der Waals surface area contributed by atoms with Gasteiger partial charge < -0.3 is 34.7 Å². The number of furan rings is 1. The molecule has 0 aliphatic carbocycles. The van der Waals surface area contributed by atoms with Crippen LogP contribution in [0.1, 0.15) is 47.5 Å². The summed E-state index contributed by atoms with van der Waals surface area (Å²) in [4.78, 5) is 14.3. The van der Waals surface area contributed by atoms with E-state index in [2.05, 4.69) is 19.4 Å². The molecule has 1 unspecified atom stereocenters. The number of phenols is 1. The van der Waals surface area contributed by atoms with Gasteiger partial charge in [0.2, 0.25) is 11.6 Å². The lowest BCUT2D eigenvalue weighted by Crippen LogP contribution is -2.29. The number of aromatic nitrogens is 2. The van der Waals surface area contributed by atoms with Gasteiger partial charge in [-0.25, -0.2) is 0 Å². The molecule has 0 spiro atoms. The lowest BCUT2D eigenvalue weighted by molar-refractivity contribution is 0.0762. The molecule has 3 atom stereocenters. The third-order valence-corrected chi connectivity index (χ3v) is 6.02. The Balaban J connectivity index is 1.57. The molecule has 4 N–H and O–H groups in total. The maximum atomic E-state index is 12.8. The lowest BCUT2D eigenvalue weighted by atomic mass is 10.1. The number of aliphatic hydroxyl groups excluding tert-OH is 1. The van der Waals surface area contributed by atoms with Gasteiger partial charge in [0.25, 0.3) is 5.91 Å². The second kappa shape index (κ2) is 9.15. The zero-order chi connectivity index (χ0) is 22.8. The minimum absolute atomic E-state index is 0.104. The highest BCUT2D eigenvalue weighted by molar-refractivity contribution is 7.14. The Kier molecular flexibility index (Phi) is 6.31. The van der Waals surface area contributed by atoms with Crippen LogP contribution in [0.15, 0.2) is 34.9 Å². The van der Waals surface area contributed by atoms with Gasteiger partial charge in [-0.2, -0.15) is 0 Å². The highest BCUT2D eigenvalue weighted by Gasteiger charge is 2.28. The average Bonchev–Trinajstić information content (AvgIpc) is 3.47. The molecular formula is C21H25N5O5S. The fraction of sp³-hybridized carbons (Fsp3) is 0.381. The number of phenolic OH excluding ortho intramolecular Hbond substituents is 1. The number of hydrogen-bond acceptors (Lipinski definition) is 9. The number of nitrogens with zero attached hydrogens (tertiary/aromatic N) is 3. The van der Waals surface area contributed by atoms with Gasteiger partial charge in [0.15, 0.2) is 16.9 Å². The number of aromatic hydroxyl groups is 1. The molecule has 11 heteroatoms. The maximum Gasteiger partial charge on any atom is 0.257 e. The Bertz CT molecular complexity index is 1110. The monoisotopic (exact) mass is 459 g/mol. The molecule has 1 fully saturated rings. The molecule has 1 aliphatic heterocycles. The van der Waals surface area contributed by atoms with Gasteiger partial charge in [0.1, 0.15) is 5.76 Å². The maximum absolute atomic E-state index is 12.8. The van der Waals surface area contributed by atoms with Crippen LogP contribution in [-0.2, 0) is 0 Å². The third kappa shape index (κ3) is 4.54. The van der Waals surface area contributed by atoms with Crippen molar-refractivity contribution in [1.82, 2.24) is 13.6 Å². The van der Waals surface area contributed by atoms with Crippen LogP contribution in [0.3, 0.4) is 0 Å². The molecule has 3 heterocycles. The van der Waals surface area contributed by atoms with E-state index >= 15 is 0 Å². The molecule has 0 bridgehead atoms. The van der Waals surface area contributed by atoms with E-state index in [1.807, 2.05) is 19.9 Å². The van der Waals surface area contributed by atoms with E-state index < -0.39 is 17.2 Å². The summed E-state index contributed by atoms with van der Waals surface area (Å²) in [7, 11) is 0. The minimum Gasteiger partial charge on any atom is -0.546 e.